The summed E-state index contributed by atoms with van der Waals surface area (Å²) in [6.07, 6.45) is 7.12. The minimum atomic E-state index is -0.406. The van der Waals surface area contributed by atoms with Crippen molar-refractivity contribution in [1.29, 1.82) is 0 Å². The number of anilines is 2. The van der Waals surface area contributed by atoms with Crippen LogP contribution in [0.25, 0.3) is 11.1 Å². The van der Waals surface area contributed by atoms with Crippen molar-refractivity contribution in [2.75, 3.05) is 51.1 Å². The van der Waals surface area contributed by atoms with Gasteiger partial charge in [-0.3, -0.25) is 4.79 Å². The van der Waals surface area contributed by atoms with Crippen LogP contribution in [0.3, 0.4) is 0 Å². The molecule has 6 nitrogen and oxygen atoms in total. The highest BCUT2D eigenvalue weighted by Gasteiger charge is 2.28. The van der Waals surface area contributed by atoms with E-state index in [2.05, 4.69) is 66.5 Å². The first-order valence-electron chi connectivity index (χ1n) is 11.5. The molecular weight excluding hydrogens is 400 g/mol. The molecule has 0 aromatic heterocycles. The van der Waals surface area contributed by atoms with Gasteiger partial charge in [0.2, 0.25) is 0 Å². The van der Waals surface area contributed by atoms with E-state index in [-0.39, 0.29) is 5.92 Å². The zero-order chi connectivity index (χ0) is 22.8. The van der Waals surface area contributed by atoms with E-state index in [1.54, 1.807) is 0 Å². The molecule has 1 atom stereocenters. The van der Waals surface area contributed by atoms with Crippen molar-refractivity contribution in [1.82, 2.24) is 4.90 Å². The van der Waals surface area contributed by atoms with E-state index in [1.807, 2.05) is 13.2 Å². The van der Waals surface area contributed by atoms with Gasteiger partial charge in [0.25, 0.3) is 5.91 Å². The quantitative estimate of drug-likeness (QED) is 0.683. The number of hydrogen-bond donors (Lipinski definition) is 2. The van der Waals surface area contributed by atoms with Crippen molar-refractivity contribution in [2.24, 2.45) is 5.73 Å². The second-order valence-corrected chi connectivity index (χ2v) is 8.99. The molecule has 1 amide bonds. The van der Waals surface area contributed by atoms with Gasteiger partial charge in [-0.05, 0) is 80.0 Å². The molecule has 0 radical (unpaired) electrons. The number of fused-ring (bicyclic) bond motifs is 2. The number of nitrogens with two attached hydrogens (primary N) is 1. The second kappa shape index (κ2) is 9.25. The lowest BCUT2D eigenvalue weighted by Gasteiger charge is -2.31. The first-order chi connectivity index (χ1) is 15.4. The van der Waals surface area contributed by atoms with Crippen molar-refractivity contribution in [3.63, 3.8) is 0 Å². The first kappa shape index (κ1) is 22.2. The molecule has 0 fully saturated rings. The maximum atomic E-state index is 12.7. The highest BCUT2D eigenvalue weighted by molar-refractivity contribution is 6.07. The SMILES string of the molecule is CCC1C=CNc2c(C(N)=O)c(N(C)CCN(C)C)cc(-c3ccc4c(c3)CCCO4)c21. The Bertz CT molecular complexity index is 1040. The number of rotatable bonds is 7. The lowest BCUT2D eigenvalue weighted by Crippen LogP contribution is -2.31. The van der Waals surface area contributed by atoms with Crippen LogP contribution in [-0.2, 0) is 6.42 Å². The number of benzene rings is 2. The maximum Gasteiger partial charge on any atom is 0.252 e. The molecule has 2 aromatic rings. The highest BCUT2D eigenvalue weighted by Crippen LogP contribution is 2.46. The Hall–Kier alpha value is -2.99. The number of carbonyl (C=O) groups is 1. The molecule has 2 aliphatic rings. The zero-order valence-electron chi connectivity index (χ0n) is 19.6. The number of primary amides is 1. The third kappa shape index (κ3) is 4.19. The van der Waals surface area contributed by atoms with Gasteiger partial charge >= 0.3 is 0 Å². The van der Waals surface area contributed by atoms with Gasteiger partial charge in [0, 0.05) is 26.1 Å². The maximum absolute atomic E-state index is 12.7. The Balaban J connectivity index is 1.92. The first-order valence-corrected chi connectivity index (χ1v) is 11.5. The average Bonchev–Trinajstić information content (AvgIpc) is 2.80. The fourth-order valence-corrected chi connectivity index (χ4v) is 4.69. The summed E-state index contributed by atoms with van der Waals surface area (Å²) in [4.78, 5) is 16.9. The normalized spacial score (nSPS) is 16.7. The Kier molecular flexibility index (Phi) is 6.42. The number of ether oxygens (including phenoxy) is 1. The van der Waals surface area contributed by atoms with Crippen molar-refractivity contribution in [3.8, 4) is 16.9 Å². The van der Waals surface area contributed by atoms with Crippen molar-refractivity contribution >= 4 is 17.3 Å². The summed E-state index contributed by atoms with van der Waals surface area (Å²) < 4.78 is 5.84. The number of amides is 1. The smallest absolute Gasteiger partial charge is 0.252 e. The standard InChI is InChI=1S/C26H34N4O2/c1-5-17-10-11-28-25-23(17)20(18-8-9-22-19(15-18)7-6-14-32-22)16-21(24(25)26(27)31)30(4)13-12-29(2)3/h8-11,15-17,28H,5-7,12-14H2,1-4H3,(H2,27,31). The predicted octanol–water partition coefficient (Wildman–Crippen LogP) is 4.21. The zero-order valence-corrected chi connectivity index (χ0v) is 19.6. The Morgan fingerprint density at radius 1 is 1.22 bits per heavy atom. The van der Waals surface area contributed by atoms with Crippen molar-refractivity contribution < 1.29 is 9.53 Å². The number of allylic oxidation sites excluding steroid dienone is 1. The van der Waals surface area contributed by atoms with Gasteiger partial charge in [0.15, 0.2) is 0 Å². The van der Waals surface area contributed by atoms with E-state index in [4.69, 9.17) is 10.5 Å². The molecule has 1 unspecified atom stereocenters. The molecule has 0 bridgehead atoms. The van der Waals surface area contributed by atoms with Crippen molar-refractivity contribution in [2.45, 2.75) is 32.1 Å². The Morgan fingerprint density at radius 3 is 2.75 bits per heavy atom. The van der Waals surface area contributed by atoms with E-state index < -0.39 is 5.91 Å². The molecule has 6 heteroatoms. The van der Waals surface area contributed by atoms with E-state index in [1.165, 1.54) is 5.56 Å². The average molecular weight is 435 g/mol. The second-order valence-electron chi connectivity index (χ2n) is 8.99. The molecule has 3 N–H and O–H groups in total. The molecular formula is C26H34N4O2. The molecule has 0 saturated carbocycles. The van der Waals surface area contributed by atoms with E-state index in [0.29, 0.717) is 5.56 Å². The molecule has 2 aliphatic heterocycles. The largest absolute Gasteiger partial charge is 0.493 e. The van der Waals surface area contributed by atoms with Crippen LogP contribution in [-0.4, -0.2) is 51.6 Å². The number of hydrogen-bond acceptors (Lipinski definition) is 5. The lowest BCUT2D eigenvalue weighted by atomic mass is 9.82. The summed E-state index contributed by atoms with van der Waals surface area (Å²) in [5, 5.41) is 3.37. The van der Waals surface area contributed by atoms with Crippen LogP contribution in [0.15, 0.2) is 36.5 Å². The van der Waals surface area contributed by atoms with Gasteiger partial charge in [-0.2, -0.15) is 0 Å². The van der Waals surface area contributed by atoms with Crippen LogP contribution < -0.4 is 20.7 Å². The van der Waals surface area contributed by atoms with E-state index in [0.717, 1.165) is 72.8 Å². The van der Waals surface area contributed by atoms with Gasteiger partial charge in [0.1, 0.15) is 5.75 Å². The molecule has 0 saturated heterocycles. The van der Waals surface area contributed by atoms with Crippen LogP contribution in [0.1, 0.15) is 47.2 Å². The fraction of sp³-hybridized carbons (Fsp3) is 0.423. The number of aryl methyl sites for hydroxylation is 1. The summed E-state index contributed by atoms with van der Waals surface area (Å²) in [5.41, 5.74) is 12.9. The monoisotopic (exact) mass is 434 g/mol. The summed E-state index contributed by atoms with van der Waals surface area (Å²) in [6.45, 7) is 4.62. The fourth-order valence-electron chi connectivity index (χ4n) is 4.69. The molecule has 0 spiro atoms. The Morgan fingerprint density at radius 2 is 2.03 bits per heavy atom. The van der Waals surface area contributed by atoms with E-state index in [9.17, 15) is 4.79 Å². The topological polar surface area (TPSA) is 70.8 Å². The third-order valence-electron chi connectivity index (χ3n) is 6.47. The van der Waals surface area contributed by atoms with Crippen LogP contribution in [0.5, 0.6) is 5.75 Å². The van der Waals surface area contributed by atoms with Gasteiger partial charge in [-0.25, -0.2) is 0 Å². The van der Waals surface area contributed by atoms with Gasteiger partial charge < -0.3 is 25.6 Å². The van der Waals surface area contributed by atoms with Crippen LogP contribution in [0, 0.1) is 0 Å². The summed E-state index contributed by atoms with van der Waals surface area (Å²) in [5.74, 6) is 0.791. The minimum absolute atomic E-state index is 0.216. The summed E-state index contributed by atoms with van der Waals surface area (Å²) in [7, 11) is 6.13. The number of likely N-dealkylation sites (N-methyl/N-ethyl adjacent to an activating group) is 2. The predicted molar refractivity (Wildman–Crippen MR) is 132 cm³/mol. The van der Waals surface area contributed by atoms with Gasteiger partial charge in [-0.1, -0.05) is 19.1 Å². The summed E-state index contributed by atoms with van der Waals surface area (Å²) in [6, 6.07) is 8.63. The van der Waals surface area contributed by atoms with Gasteiger partial charge in [-0.15, -0.1) is 0 Å². The third-order valence-corrected chi connectivity index (χ3v) is 6.47. The molecule has 0 aliphatic carbocycles. The number of carbonyl (C=O) groups excluding carboxylic acids is 1. The molecule has 32 heavy (non-hydrogen) atoms. The lowest BCUT2D eigenvalue weighted by molar-refractivity contribution is 0.100. The molecule has 2 aromatic carbocycles. The Labute approximate surface area is 191 Å². The van der Waals surface area contributed by atoms with Crippen molar-refractivity contribution in [3.05, 3.63) is 53.2 Å². The minimum Gasteiger partial charge on any atom is -0.493 e. The van der Waals surface area contributed by atoms with Crippen LogP contribution >= 0.6 is 0 Å². The van der Waals surface area contributed by atoms with Crippen LogP contribution in [0.2, 0.25) is 0 Å². The summed E-state index contributed by atoms with van der Waals surface area (Å²) >= 11 is 0. The molecule has 4 rings (SSSR count). The van der Waals surface area contributed by atoms with Gasteiger partial charge in [0.05, 0.1) is 23.5 Å². The van der Waals surface area contributed by atoms with E-state index >= 15 is 0 Å². The molecule has 170 valence electrons. The number of nitrogens with one attached hydrogen (secondary N) is 1. The number of nitrogens with zero attached hydrogens (tertiary/aromatic N) is 2. The highest BCUT2D eigenvalue weighted by atomic mass is 16.5. The van der Waals surface area contributed by atoms with Crippen LogP contribution in [0.4, 0.5) is 11.4 Å². The molecule has 2 heterocycles.